The van der Waals surface area contributed by atoms with Gasteiger partial charge < -0.3 is 5.32 Å². The number of nitrogens with one attached hydrogen (secondary N) is 1. The lowest BCUT2D eigenvalue weighted by molar-refractivity contribution is 0.116. The third kappa shape index (κ3) is 3.46. The third-order valence-corrected chi connectivity index (χ3v) is 4.03. The summed E-state index contributed by atoms with van der Waals surface area (Å²) in [7, 11) is 2.05. The van der Waals surface area contributed by atoms with Gasteiger partial charge in [0.1, 0.15) is 0 Å². The first-order valence-electron chi connectivity index (χ1n) is 6.61. The Labute approximate surface area is 95.4 Å². The van der Waals surface area contributed by atoms with E-state index >= 15 is 0 Å². The van der Waals surface area contributed by atoms with Gasteiger partial charge in [0.05, 0.1) is 0 Å². The normalized spacial score (nSPS) is 22.2. The van der Waals surface area contributed by atoms with Crippen molar-refractivity contribution >= 4 is 0 Å². The van der Waals surface area contributed by atoms with E-state index in [1.54, 1.807) is 0 Å². The molecular formula is C13H28N2. The molecule has 2 heteroatoms. The molecule has 1 saturated carbocycles. The minimum absolute atomic E-state index is 0.713. The Bertz CT molecular complexity index is 164. The zero-order valence-corrected chi connectivity index (χ0v) is 10.9. The molecule has 0 heterocycles. The van der Waals surface area contributed by atoms with Gasteiger partial charge in [0.25, 0.3) is 0 Å². The molecule has 1 aliphatic carbocycles. The van der Waals surface area contributed by atoms with Crippen LogP contribution in [0.3, 0.4) is 0 Å². The van der Waals surface area contributed by atoms with Crippen LogP contribution in [-0.4, -0.2) is 37.1 Å². The minimum Gasteiger partial charge on any atom is -0.319 e. The topological polar surface area (TPSA) is 15.3 Å². The lowest BCUT2D eigenvalue weighted by Crippen LogP contribution is -2.45. The number of rotatable bonds is 6. The Morgan fingerprint density at radius 3 is 2.33 bits per heavy atom. The molecule has 0 saturated heterocycles. The summed E-state index contributed by atoms with van der Waals surface area (Å²) in [5.41, 5.74) is 0. The molecule has 0 aliphatic heterocycles. The van der Waals surface area contributed by atoms with Crippen LogP contribution in [-0.2, 0) is 0 Å². The summed E-state index contributed by atoms with van der Waals surface area (Å²) in [6.45, 7) is 9.40. The van der Waals surface area contributed by atoms with Crippen LogP contribution in [0.15, 0.2) is 0 Å². The Kier molecular flexibility index (Phi) is 5.62. The molecule has 0 aromatic carbocycles. The first-order chi connectivity index (χ1) is 7.20. The van der Waals surface area contributed by atoms with Crippen molar-refractivity contribution in [1.29, 1.82) is 0 Å². The van der Waals surface area contributed by atoms with Crippen LogP contribution < -0.4 is 5.32 Å². The van der Waals surface area contributed by atoms with Crippen LogP contribution in [0, 0.1) is 5.92 Å². The van der Waals surface area contributed by atoms with E-state index in [-0.39, 0.29) is 0 Å². The highest BCUT2D eigenvalue weighted by Gasteiger charge is 2.27. The summed E-state index contributed by atoms with van der Waals surface area (Å²) in [6.07, 6.45) is 5.72. The second kappa shape index (κ2) is 6.49. The van der Waals surface area contributed by atoms with E-state index in [1.165, 1.54) is 32.2 Å². The summed E-state index contributed by atoms with van der Waals surface area (Å²) in [6, 6.07) is 1.58. The van der Waals surface area contributed by atoms with Crippen LogP contribution in [0.1, 0.15) is 46.5 Å². The highest BCUT2D eigenvalue weighted by Crippen LogP contribution is 2.26. The maximum Gasteiger partial charge on any atom is 0.0107 e. The van der Waals surface area contributed by atoms with Crippen molar-refractivity contribution in [3.05, 3.63) is 0 Å². The van der Waals surface area contributed by atoms with Gasteiger partial charge in [-0.2, -0.15) is 0 Å². The first kappa shape index (κ1) is 13.0. The van der Waals surface area contributed by atoms with Crippen molar-refractivity contribution in [2.75, 3.05) is 20.1 Å². The summed E-state index contributed by atoms with van der Waals surface area (Å²) < 4.78 is 0. The Balaban J connectivity index is 2.48. The van der Waals surface area contributed by atoms with Crippen molar-refractivity contribution in [1.82, 2.24) is 10.2 Å². The zero-order valence-electron chi connectivity index (χ0n) is 10.9. The van der Waals surface area contributed by atoms with Crippen LogP contribution in [0.4, 0.5) is 0 Å². The first-order valence-corrected chi connectivity index (χ1v) is 6.61. The largest absolute Gasteiger partial charge is 0.319 e. The molecule has 2 nitrogen and oxygen atoms in total. The van der Waals surface area contributed by atoms with Gasteiger partial charge in [0.15, 0.2) is 0 Å². The van der Waals surface area contributed by atoms with Crippen LogP contribution in [0.5, 0.6) is 0 Å². The summed E-state index contributed by atoms with van der Waals surface area (Å²) in [5, 5.41) is 3.29. The molecule has 1 rings (SSSR count). The minimum atomic E-state index is 0.713. The molecule has 0 spiro atoms. The van der Waals surface area contributed by atoms with Crippen LogP contribution >= 0.6 is 0 Å². The van der Waals surface area contributed by atoms with E-state index in [2.05, 4.69) is 38.0 Å². The van der Waals surface area contributed by atoms with Gasteiger partial charge in [0, 0.05) is 12.1 Å². The molecule has 15 heavy (non-hydrogen) atoms. The molecule has 1 N–H and O–H groups in total. The molecule has 0 aromatic rings. The predicted molar refractivity (Wildman–Crippen MR) is 67.2 cm³/mol. The lowest BCUT2D eigenvalue weighted by Gasteiger charge is -2.37. The monoisotopic (exact) mass is 212 g/mol. The lowest BCUT2D eigenvalue weighted by atomic mass is 9.99. The van der Waals surface area contributed by atoms with Gasteiger partial charge in [-0.25, -0.2) is 0 Å². The van der Waals surface area contributed by atoms with Crippen molar-refractivity contribution in [3.63, 3.8) is 0 Å². The summed E-state index contributed by atoms with van der Waals surface area (Å²) in [4.78, 5) is 2.72. The molecule has 90 valence electrons. The van der Waals surface area contributed by atoms with Crippen molar-refractivity contribution in [2.24, 2.45) is 5.92 Å². The maximum atomic E-state index is 3.29. The van der Waals surface area contributed by atoms with Gasteiger partial charge in [-0.3, -0.25) is 4.90 Å². The Morgan fingerprint density at radius 2 is 1.87 bits per heavy atom. The quantitative estimate of drug-likeness (QED) is 0.728. The molecule has 1 fully saturated rings. The molecule has 1 aliphatic rings. The van der Waals surface area contributed by atoms with Gasteiger partial charge in [-0.15, -0.1) is 0 Å². The van der Waals surface area contributed by atoms with Crippen LogP contribution in [0.25, 0.3) is 0 Å². The van der Waals surface area contributed by atoms with E-state index in [4.69, 9.17) is 0 Å². The Morgan fingerprint density at radius 1 is 1.27 bits per heavy atom. The predicted octanol–water partition coefficient (Wildman–Crippen LogP) is 2.49. The fraction of sp³-hybridized carbons (Fsp3) is 1.00. The molecule has 0 amide bonds. The smallest absolute Gasteiger partial charge is 0.0107 e. The highest BCUT2D eigenvalue weighted by molar-refractivity contribution is 4.83. The van der Waals surface area contributed by atoms with Crippen molar-refractivity contribution < 1.29 is 0 Å². The average Bonchev–Trinajstić information content (AvgIpc) is 2.72. The number of hydrogen-bond acceptors (Lipinski definition) is 2. The third-order valence-electron chi connectivity index (χ3n) is 4.03. The Hall–Kier alpha value is -0.0800. The van der Waals surface area contributed by atoms with E-state index in [1.807, 2.05) is 0 Å². The molecule has 2 atom stereocenters. The second-order valence-corrected chi connectivity index (χ2v) is 5.04. The SMILES string of the molecule is CCN(C1CCCC1)C(C)C(C)CNC. The standard InChI is InChI=1S/C13H28N2/c1-5-15(13-8-6-7-9-13)12(3)11(2)10-14-4/h11-14H,5-10H2,1-4H3. The summed E-state index contributed by atoms with van der Waals surface area (Å²) in [5.74, 6) is 0.746. The van der Waals surface area contributed by atoms with Crippen LogP contribution in [0.2, 0.25) is 0 Å². The fourth-order valence-corrected chi connectivity index (χ4v) is 2.93. The average molecular weight is 212 g/mol. The molecule has 0 bridgehead atoms. The fourth-order valence-electron chi connectivity index (χ4n) is 2.93. The van der Waals surface area contributed by atoms with E-state index in [9.17, 15) is 0 Å². The van der Waals surface area contributed by atoms with Gasteiger partial charge in [-0.1, -0.05) is 26.7 Å². The van der Waals surface area contributed by atoms with Gasteiger partial charge in [0.2, 0.25) is 0 Å². The number of hydrogen-bond donors (Lipinski definition) is 1. The molecular weight excluding hydrogens is 184 g/mol. The van der Waals surface area contributed by atoms with Gasteiger partial charge >= 0.3 is 0 Å². The van der Waals surface area contributed by atoms with E-state index in [0.717, 1.165) is 18.5 Å². The molecule has 2 unspecified atom stereocenters. The number of nitrogens with zero attached hydrogens (tertiary/aromatic N) is 1. The van der Waals surface area contributed by atoms with Crippen molar-refractivity contribution in [3.8, 4) is 0 Å². The van der Waals surface area contributed by atoms with E-state index < -0.39 is 0 Å². The second-order valence-electron chi connectivity index (χ2n) is 5.04. The zero-order chi connectivity index (χ0) is 11.3. The highest BCUT2D eigenvalue weighted by atomic mass is 15.2. The maximum absolute atomic E-state index is 3.29. The van der Waals surface area contributed by atoms with Crippen molar-refractivity contribution in [2.45, 2.75) is 58.5 Å². The van der Waals surface area contributed by atoms with Gasteiger partial charge in [-0.05, 0) is 45.8 Å². The molecule has 0 radical (unpaired) electrons. The summed E-state index contributed by atoms with van der Waals surface area (Å²) >= 11 is 0. The molecule has 0 aromatic heterocycles. The van der Waals surface area contributed by atoms with E-state index in [0.29, 0.717) is 6.04 Å².